The van der Waals surface area contributed by atoms with Crippen LogP contribution in [0.15, 0.2) is 91.1 Å². The van der Waals surface area contributed by atoms with Crippen molar-refractivity contribution >= 4 is 16.8 Å². The van der Waals surface area contributed by atoms with Crippen molar-refractivity contribution in [2.75, 3.05) is 6.61 Å². The maximum absolute atomic E-state index is 13.0. The summed E-state index contributed by atoms with van der Waals surface area (Å²) in [5.41, 5.74) is 1.21. The minimum Gasteiger partial charge on any atom is -0.491 e. The molecular formula is C25H19F3N2O2. The first kappa shape index (κ1) is 21.4. The molecule has 0 saturated heterocycles. The zero-order valence-corrected chi connectivity index (χ0v) is 16.8. The highest BCUT2D eigenvalue weighted by Crippen LogP contribution is 2.31. The van der Waals surface area contributed by atoms with E-state index in [0.29, 0.717) is 5.56 Å². The molecule has 0 aliphatic carbocycles. The van der Waals surface area contributed by atoms with E-state index in [9.17, 15) is 18.0 Å². The molecule has 1 heterocycles. The van der Waals surface area contributed by atoms with E-state index in [-0.39, 0.29) is 18.3 Å². The largest absolute Gasteiger partial charge is 0.491 e. The lowest BCUT2D eigenvalue weighted by molar-refractivity contribution is -0.137. The van der Waals surface area contributed by atoms with E-state index in [1.807, 2.05) is 36.4 Å². The summed E-state index contributed by atoms with van der Waals surface area (Å²) in [5, 5.41) is 3.75. The predicted octanol–water partition coefficient (Wildman–Crippen LogP) is 5.80. The number of carbonyl (C=O) groups is 1. The highest BCUT2D eigenvalue weighted by molar-refractivity contribution is 5.98. The molecule has 1 unspecified atom stereocenters. The Morgan fingerprint density at radius 1 is 0.938 bits per heavy atom. The number of nitrogens with zero attached hydrogens (tertiary/aromatic N) is 1. The minimum absolute atomic E-state index is 0.0355. The summed E-state index contributed by atoms with van der Waals surface area (Å²) in [5.74, 6) is -0.246. The summed E-state index contributed by atoms with van der Waals surface area (Å²) < 4.78 is 44.6. The number of rotatable bonds is 6. The maximum atomic E-state index is 13.0. The van der Waals surface area contributed by atoms with Crippen molar-refractivity contribution in [1.29, 1.82) is 0 Å². The Labute approximate surface area is 182 Å². The summed E-state index contributed by atoms with van der Waals surface area (Å²) in [6, 6.07) is 22.1. The second-order valence-electron chi connectivity index (χ2n) is 7.18. The van der Waals surface area contributed by atoms with Crippen LogP contribution in [-0.4, -0.2) is 17.5 Å². The summed E-state index contributed by atoms with van der Waals surface area (Å²) >= 11 is 0. The van der Waals surface area contributed by atoms with Crippen LogP contribution in [-0.2, 0) is 6.18 Å². The molecule has 1 atom stereocenters. The van der Waals surface area contributed by atoms with Crippen molar-refractivity contribution < 1.29 is 22.7 Å². The Kier molecular flexibility index (Phi) is 6.07. The quantitative estimate of drug-likeness (QED) is 0.415. The number of nitrogens with one attached hydrogen (secondary N) is 1. The fourth-order valence-corrected chi connectivity index (χ4v) is 3.31. The van der Waals surface area contributed by atoms with Crippen LogP contribution in [0.3, 0.4) is 0 Å². The van der Waals surface area contributed by atoms with Gasteiger partial charge in [0.2, 0.25) is 0 Å². The van der Waals surface area contributed by atoms with Gasteiger partial charge in [0.15, 0.2) is 0 Å². The van der Waals surface area contributed by atoms with Gasteiger partial charge in [0.1, 0.15) is 12.4 Å². The SMILES string of the molecule is O=C(NC(COc1cccc(C(F)(F)F)c1)c1ccccc1)c1ccc2ncccc2c1. The number of benzene rings is 3. The average Bonchev–Trinajstić information content (AvgIpc) is 2.81. The van der Waals surface area contributed by atoms with E-state index in [1.54, 1.807) is 30.5 Å². The van der Waals surface area contributed by atoms with Gasteiger partial charge in [0.05, 0.1) is 17.1 Å². The fraction of sp³-hybridized carbons (Fsp3) is 0.120. The van der Waals surface area contributed by atoms with Crippen molar-refractivity contribution in [3.05, 3.63) is 108 Å². The molecule has 0 radical (unpaired) electrons. The van der Waals surface area contributed by atoms with Gasteiger partial charge in [0.25, 0.3) is 5.91 Å². The van der Waals surface area contributed by atoms with Gasteiger partial charge in [-0.3, -0.25) is 9.78 Å². The standard InChI is InChI=1S/C25H19F3N2O2/c26-25(27,28)20-9-4-10-21(15-20)32-16-23(17-6-2-1-3-7-17)30-24(31)19-11-12-22-18(14-19)8-5-13-29-22/h1-15,23H,16H2,(H,30,31). The first-order valence-electron chi connectivity index (χ1n) is 9.91. The zero-order chi connectivity index (χ0) is 22.6. The topological polar surface area (TPSA) is 51.2 Å². The van der Waals surface area contributed by atoms with Gasteiger partial charge in [-0.2, -0.15) is 13.2 Å². The van der Waals surface area contributed by atoms with Crippen LogP contribution in [0.2, 0.25) is 0 Å². The number of pyridine rings is 1. The van der Waals surface area contributed by atoms with E-state index in [1.165, 1.54) is 12.1 Å². The van der Waals surface area contributed by atoms with Crippen molar-refractivity contribution in [3.63, 3.8) is 0 Å². The second kappa shape index (κ2) is 9.09. The van der Waals surface area contributed by atoms with Crippen LogP contribution >= 0.6 is 0 Å². The number of hydrogen-bond acceptors (Lipinski definition) is 3. The van der Waals surface area contributed by atoms with Crippen LogP contribution in [0.25, 0.3) is 10.9 Å². The van der Waals surface area contributed by atoms with E-state index in [4.69, 9.17) is 4.74 Å². The molecule has 162 valence electrons. The number of carbonyl (C=O) groups excluding carboxylic acids is 1. The molecule has 0 bridgehead atoms. The van der Waals surface area contributed by atoms with Gasteiger partial charge >= 0.3 is 6.18 Å². The van der Waals surface area contributed by atoms with Crippen LogP contribution in [0.5, 0.6) is 5.75 Å². The fourth-order valence-electron chi connectivity index (χ4n) is 3.31. The lowest BCUT2D eigenvalue weighted by atomic mass is 10.1. The van der Waals surface area contributed by atoms with Crippen molar-refractivity contribution in [1.82, 2.24) is 10.3 Å². The second-order valence-corrected chi connectivity index (χ2v) is 7.18. The number of hydrogen-bond donors (Lipinski definition) is 1. The summed E-state index contributed by atoms with van der Waals surface area (Å²) in [6.07, 6.45) is -2.78. The van der Waals surface area contributed by atoms with Crippen LogP contribution in [0.1, 0.15) is 27.5 Å². The first-order chi connectivity index (χ1) is 15.4. The molecule has 4 rings (SSSR count). The number of alkyl halides is 3. The highest BCUT2D eigenvalue weighted by Gasteiger charge is 2.30. The minimum atomic E-state index is -4.46. The van der Waals surface area contributed by atoms with Gasteiger partial charge in [-0.15, -0.1) is 0 Å². The van der Waals surface area contributed by atoms with Gasteiger partial charge in [0, 0.05) is 17.1 Å². The lowest BCUT2D eigenvalue weighted by Gasteiger charge is -2.20. The molecule has 1 aromatic heterocycles. The maximum Gasteiger partial charge on any atom is 0.416 e. The molecule has 0 spiro atoms. The van der Waals surface area contributed by atoms with E-state index >= 15 is 0 Å². The summed E-state index contributed by atoms with van der Waals surface area (Å²) in [7, 11) is 0. The van der Waals surface area contributed by atoms with Gasteiger partial charge in [-0.25, -0.2) is 0 Å². The zero-order valence-electron chi connectivity index (χ0n) is 16.8. The first-order valence-corrected chi connectivity index (χ1v) is 9.91. The van der Waals surface area contributed by atoms with Gasteiger partial charge < -0.3 is 10.1 Å². The normalized spacial score (nSPS) is 12.3. The third-order valence-corrected chi connectivity index (χ3v) is 4.95. The molecule has 0 aliphatic rings. The van der Waals surface area contributed by atoms with E-state index < -0.39 is 17.8 Å². The van der Waals surface area contributed by atoms with Crippen molar-refractivity contribution in [2.24, 2.45) is 0 Å². The highest BCUT2D eigenvalue weighted by atomic mass is 19.4. The molecule has 32 heavy (non-hydrogen) atoms. The number of halogens is 3. The summed E-state index contributed by atoms with van der Waals surface area (Å²) in [6.45, 7) is -0.0355. The van der Waals surface area contributed by atoms with Crippen molar-refractivity contribution in [2.45, 2.75) is 12.2 Å². The molecule has 3 aromatic carbocycles. The molecular weight excluding hydrogens is 417 g/mol. The Morgan fingerprint density at radius 2 is 1.75 bits per heavy atom. The number of amides is 1. The summed E-state index contributed by atoms with van der Waals surface area (Å²) in [4.78, 5) is 17.2. The third kappa shape index (κ3) is 5.06. The smallest absolute Gasteiger partial charge is 0.416 e. The third-order valence-electron chi connectivity index (χ3n) is 4.95. The van der Waals surface area contributed by atoms with E-state index in [0.717, 1.165) is 28.6 Å². The number of ether oxygens (including phenoxy) is 1. The van der Waals surface area contributed by atoms with Crippen LogP contribution in [0.4, 0.5) is 13.2 Å². The van der Waals surface area contributed by atoms with Crippen LogP contribution in [0, 0.1) is 0 Å². The Bertz CT molecular complexity index is 1230. The Balaban J connectivity index is 1.54. The molecule has 1 amide bonds. The van der Waals surface area contributed by atoms with Crippen molar-refractivity contribution in [3.8, 4) is 5.75 Å². The molecule has 0 fully saturated rings. The molecule has 0 aliphatic heterocycles. The van der Waals surface area contributed by atoms with Gasteiger partial charge in [-0.05, 0) is 48.0 Å². The Morgan fingerprint density at radius 3 is 2.53 bits per heavy atom. The van der Waals surface area contributed by atoms with E-state index in [2.05, 4.69) is 10.3 Å². The Hall–Kier alpha value is -3.87. The average molecular weight is 436 g/mol. The molecule has 0 saturated carbocycles. The molecule has 4 nitrogen and oxygen atoms in total. The molecule has 7 heteroatoms. The monoisotopic (exact) mass is 436 g/mol. The molecule has 1 N–H and O–H groups in total. The number of fused-ring (bicyclic) bond motifs is 1. The predicted molar refractivity (Wildman–Crippen MR) is 115 cm³/mol. The lowest BCUT2D eigenvalue weighted by Crippen LogP contribution is -2.32. The van der Waals surface area contributed by atoms with Crippen LogP contribution < -0.4 is 10.1 Å². The molecule has 4 aromatic rings. The van der Waals surface area contributed by atoms with Gasteiger partial charge in [-0.1, -0.05) is 42.5 Å². The number of aromatic nitrogens is 1.